The number of pyridine rings is 1. The number of aromatic nitrogens is 3. The van der Waals surface area contributed by atoms with Crippen LogP contribution in [0.1, 0.15) is 18.3 Å². The molecule has 0 unspecified atom stereocenters. The maximum absolute atomic E-state index is 5.34. The number of H-pyrrole nitrogens is 1. The highest BCUT2D eigenvalue weighted by Gasteiger charge is 2.05. The van der Waals surface area contributed by atoms with Gasteiger partial charge in [0.2, 0.25) is 0 Å². The quantitative estimate of drug-likeness (QED) is 0.859. The molecule has 2 aromatic heterocycles. The van der Waals surface area contributed by atoms with Crippen molar-refractivity contribution in [3.63, 3.8) is 0 Å². The first-order valence-electron chi connectivity index (χ1n) is 5.79. The summed E-state index contributed by atoms with van der Waals surface area (Å²) in [5.41, 5.74) is 3.10. The Kier molecular flexibility index (Phi) is 4.17. The molecule has 0 spiro atoms. The lowest BCUT2D eigenvalue weighted by molar-refractivity contribution is 0.128. The Balaban J connectivity index is 2.42. The lowest BCUT2D eigenvalue weighted by atomic mass is 10.1. The summed E-state index contributed by atoms with van der Waals surface area (Å²) in [6, 6.07) is 3.81. The molecule has 0 fully saturated rings. The van der Waals surface area contributed by atoms with Crippen molar-refractivity contribution >= 4 is 12.2 Å². The van der Waals surface area contributed by atoms with Gasteiger partial charge in [0.25, 0.3) is 0 Å². The molecular formula is C13H15N3OS. The van der Waals surface area contributed by atoms with Crippen molar-refractivity contribution in [3.05, 3.63) is 40.6 Å². The van der Waals surface area contributed by atoms with E-state index in [1.807, 2.05) is 32.2 Å². The number of nitrogens with one attached hydrogen (secondary N) is 1. The van der Waals surface area contributed by atoms with E-state index in [9.17, 15) is 0 Å². The van der Waals surface area contributed by atoms with Gasteiger partial charge in [-0.2, -0.15) is 0 Å². The first-order chi connectivity index (χ1) is 8.70. The highest BCUT2D eigenvalue weighted by molar-refractivity contribution is 7.71. The van der Waals surface area contributed by atoms with Gasteiger partial charge in [-0.05, 0) is 31.5 Å². The molecule has 1 N–H and O–H groups in total. The number of nitrogens with zero attached hydrogens (tertiary/aromatic N) is 2. The summed E-state index contributed by atoms with van der Waals surface area (Å²) in [5.74, 6) is 0.739. The molecule has 94 valence electrons. The summed E-state index contributed by atoms with van der Waals surface area (Å²) in [4.78, 5) is 11.6. The van der Waals surface area contributed by atoms with Crippen LogP contribution in [0, 0.1) is 11.6 Å². The minimum absolute atomic E-state index is 0.438. The molecule has 0 aliphatic carbocycles. The molecule has 0 aliphatic heterocycles. The summed E-state index contributed by atoms with van der Waals surface area (Å²) < 4.78 is 5.90. The number of rotatable bonds is 4. The summed E-state index contributed by atoms with van der Waals surface area (Å²) in [6.07, 6.45) is 3.59. The van der Waals surface area contributed by atoms with Gasteiger partial charge in [-0.3, -0.25) is 4.98 Å². The van der Waals surface area contributed by atoms with Gasteiger partial charge in [0.15, 0.2) is 0 Å². The lowest BCUT2D eigenvalue weighted by Gasteiger charge is -2.08. The van der Waals surface area contributed by atoms with Crippen molar-refractivity contribution in [2.45, 2.75) is 20.5 Å². The fraction of sp³-hybridized carbons (Fsp3) is 0.308. The van der Waals surface area contributed by atoms with E-state index in [1.54, 1.807) is 6.20 Å². The maximum Gasteiger partial charge on any atom is 0.134 e. The molecule has 0 saturated heterocycles. The fourth-order valence-electron chi connectivity index (χ4n) is 1.67. The van der Waals surface area contributed by atoms with Crippen LogP contribution in [0.2, 0.25) is 0 Å². The summed E-state index contributed by atoms with van der Waals surface area (Å²) in [5, 5.41) is 0. The molecule has 2 aromatic rings. The Morgan fingerprint density at radius 2 is 2.28 bits per heavy atom. The second-order valence-electron chi connectivity index (χ2n) is 3.91. The molecule has 0 bridgehead atoms. The molecule has 0 aromatic carbocycles. The molecule has 18 heavy (non-hydrogen) atoms. The Morgan fingerprint density at radius 3 is 3.00 bits per heavy atom. The molecule has 0 aliphatic rings. The SMILES string of the molecule is CCOCc1nc(=S)cc(-c2cnccc2C)[nH]1. The van der Waals surface area contributed by atoms with Gasteiger partial charge in [0, 0.05) is 24.6 Å². The van der Waals surface area contributed by atoms with Gasteiger partial charge in [-0.25, -0.2) is 4.98 Å². The Bertz CT molecular complexity index is 595. The first kappa shape index (κ1) is 12.9. The molecule has 0 atom stereocenters. The van der Waals surface area contributed by atoms with E-state index < -0.39 is 0 Å². The Labute approximate surface area is 111 Å². The Morgan fingerprint density at radius 1 is 1.44 bits per heavy atom. The smallest absolute Gasteiger partial charge is 0.134 e. The molecule has 5 heteroatoms. The molecule has 2 heterocycles. The molecule has 0 saturated carbocycles. The van der Waals surface area contributed by atoms with Gasteiger partial charge in [0.05, 0.1) is 5.69 Å². The molecule has 2 rings (SSSR count). The van der Waals surface area contributed by atoms with Crippen LogP contribution in [-0.4, -0.2) is 21.6 Å². The zero-order valence-electron chi connectivity index (χ0n) is 10.4. The topological polar surface area (TPSA) is 50.8 Å². The van der Waals surface area contributed by atoms with Crippen molar-refractivity contribution in [1.82, 2.24) is 15.0 Å². The van der Waals surface area contributed by atoms with Crippen LogP contribution in [0.25, 0.3) is 11.3 Å². The van der Waals surface area contributed by atoms with Gasteiger partial charge in [-0.1, -0.05) is 12.2 Å². The highest BCUT2D eigenvalue weighted by atomic mass is 32.1. The Hall–Kier alpha value is -1.59. The third kappa shape index (κ3) is 3.00. The second-order valence-corrected chi connectivity index (χ2v) is 4.33. The van der Waals surface area contributed by atoms with Crippen LogP contribution in [-0.2, 0) is 11.3 Å². The van der Waals surface area contributed by atoms with E-state index in [4.69, 9.17) is 17.0 Å². The predicted molar refractivity (Wildman–Crippen MR) is 72.7 cm³/mol. The zero-order valence-corrected chi connectivity index (χ0v) is 11.3. The normalized spacial score (nSPS) is 10.6. The predicted octanol–water partition coefficient (Wildman–Crippen LogP) is 3.05. The van der Waals surface area contributed by atoms with Crippen molar-refractivity contribution in [2.75, 3.05) is 6.61 Å². The van der Waals surface area contributed by atoms with Crippen LogP contribution < -0.4 is 0 Å². The van der Waals surface area contributed by atoms with Crippen molar-refractivity contribution in [1.29, 1.82) is 0 Å². The van der Waals surface area contributed by atoms with E-state index >= 15 is 0 Å². The van der Waals surface area contributed by atoms with E-state index in [0.29, 0.717) is 17.9 Å². The van der Waals surface area contributed by atoms with Crippen LogP contribution in [0.3, 0.4) is 0 Å². The van der Waals surface area contributed by atoms with E-state index in [2.05, 4.69) is 15.0 Å². The average molecular weight is 261 g/mol. The third-order valence-electron chi connectivity index (χ3n) is 2.56. The molecular weight excluding hydrogens is 246 g/mol. The van der Waals surface area contributed by atoms with Gasteiger partial charge >= 0.3 is 0 Å². The number of hydrogen-bond donors (Lipinski definition) is 1. The van der Waals surface area contributed by atoms with Crippen LogP contribution in [0.5, 0.6) is 0 Å². The number of aryl methyl sites for hydroxylation is 1. The number of ether oxygens (including phenoxy) is 1. The van der Waals surface area contributed by atoms with E-state index in [1.165, 1.54) is 0 Å². The first-order valence-corrected chi connectivity index (χ1v) is 6.20. The standard InChI is InChI=1S/C13H15N3OS/c1-3-17-8-12-15-11(6-13(18)16-12)10-7-14-5-4-9(10)2/h4-7H,3,8H2,1-2H3,(H,15,16,18). The second kappa shape index (κ2) is 5.84. The lowest BCUT2D eigenvalue weighted by Crippen LogP contribution is -2.01. The third-order valence-corrected chi connectivity index (χ3v) is 2.77. The van der Waals surface area contributed by atoms with Gasteiger partial charge in [0.1, 0.15) is 17.1 Å². The van der Waals surface area contributed by atoms with Crippen LogP contribution in [0.15, 0.2) is 24.5 Å². The summed E-state index contributed by atoms with van der Waals surface area (Å²) in [6.45, 7) is 5.08. The van der Waals surface area contributed by atoms with Crippen molar-refractivity contribution < 1.29 is 4.74 Å². The molecule has 4 nitrogen and oxygen atoms in total. The minimum atomic E-state index is 0.438. The van der Waals surface area contributed by atoms with Gasteiger partial charge < -0.3 is 9.72 Å². The summed E-state index contributed by atoms with van der Waals surface area (Å²) in [7, 11) is 0. The fourth-order valence-corrected chi connectivity index (χ4v) is 1.89. The summed E-state index contributed by atoms with van der Waals surface area (Å²) >= 11 is 5.17. The zero-order chi connectivity index (χ0) is 13.0. The minimum Gasteiger partial charge on any atom is -0.374 e. The molecule has 0 amide bonds. The number of aromatic amines is 1. The van der Waals surface area contributed by atoms with Crippen molar-refractivity contribution in [3.8, 4) is 11.3 Å². The van der Waals surface area contributed by atoms with E-state index in [0.717, 1.165) is 22.6 Å². The number of hydrogen-bond acceptors (Lipinski definition) is 4. The average Bonchev–Trinajstić information content (AvgIpc) is 2.36. The largest absolute Gasteiger partial charge is 0.374 e. The van der Waals surface area contributed by atoms with Crippen LogP contribution >= 0.6 is 12.2 Å². The monoisotopic (exact) mass is 261 g/mol. The molecule has 0 radical (unpaired) electrons. The van der Waals surface area contributed by atoms with E-state index in [-0.39, 0.29) is 0 Å². The van der Waals surface area contributed by atoms with Crippen molar-refractivity contribution in [2.24, 2.45) is 0 Å². The van der Waals surface area contributed by atoms with Crippen LogP contribution in [0.4, 0.5) is 0 Å². The maximum atomic E-state index is 5.34. The highest BCUT2D eigenvalue weighted by Crippen LogP contribution is 2.19. The van der Waals surface area contributed by atoms with Gasteiger partial charge in [-0.15, -0.1) is 0 Å².